The summed E-state index contributed by atoms with van der Waals surface area (Å²) in [6, 6.07) is 11.3. The van der Waals surface area contributed by atoms with Gasteiger partial charge in [0.2, 0.25) is 0 Å². The minimum atomic E-state index is -0.484. The number of anilines is 1. The van der Waals surface area contributed by atoms with Gasteiger partial charge in [0.1, 0.15) is 0 Å². The fraction of sp³-hybridized carbons (Fsp3) is 0.227. The van der Waals surface area contributed by atoms with E-state index in [1.54, 1.807) is 12.1 Å². The van der Waals surface area contributed by atoms with Crippen molar-refractivity contribution in [3.8, 4) is 11.5 Å². The van der Waals surface area contributed by atoms with Crippen LogP contribution in [0.2, 0.25) is 0 Å². The lowest BCUT2D eigenvalue weighted by molar-refractivity contribution is -0.142. The molecule has 1 amide bonds. The number of methoxy groups -OCH3 is 1. The molecular weight excluding hydrogens is 549 g/mol. The average Bonchev–Trinajstić information content (AvgIpc) is 3.01. The number of amides is 1. The Morgan fingerprint density at radius 1 is 1.23 bits per heavy atom. The summed E-state index contributed by atoms with van der Waals surface area (Å²) in [6.07, 6.45) is 1.78. The van der Waals surface area contributed by atoms with Crippen molar-refractivity contribution < 1.29 is 23.8 Å². The normalized spacial score (nSPS) is 14.8. The van der Waals surface area contributed by atoms with Crippen LogP contribution < -0.4 is 14.4 Å². The van der Waals surface area contributed by atoms with Crippen molar-refractivity contribution >= 4 is 74.5 Å². The molecule has 1 heterocycles. The molecule has 0 aromatic heterocycles. The molecule has 0 radical (unpaired) electrons. The number of benzene rings is 2. The van der Waals surface area contributed by atoms with Crippen LogP contribution in [-0.4, -0.2) is 36.5 Å². The monoisotopic (exact) mass is 569 g/mol. The molecule has 0 spiro atoms. The Labute approximate surface area is 204 Å². The standard InChI is InChI=1S/C22H20INO5S2/c1-4-28-17-10-14(9-16(23)20(17)29-12-19(25)27-3)11-18-21(26)24(22(30)31-18)15-7-5-13(2)6-8-15/h5-11H,4,12H2,1-3H3/b18-11-. The second-order valence-corrected chi connectivity index (χ2v) is 9.32. The number of carbonyl (C=O) groups is 2. The minimum Gasteiger partial charge on any atom is -0.490 e. The highest BCUT2D eigenvalue weighted by Gasteiger charge is 2.33. The number of halogens is 1. The summed E-state index contributed by atoms with van der Waals surface area (Å²) >= 11 is 8.81. The molecular formula is C22H20INO5S2. The van der Waals surface area contributed by atoms with Crippen LogP contribution in [0, 0.1) is 10.5 Å². The third-order valence-electron chi connectivity index (χ3n) is 4.28. The first-order valence-corrected chi connectivity index (χ1v) is 11.6. The highest BCUT2D eigenvalue weighted by atomic mass is 127. The van der Waals surface area contributed by atoms with E-state index in [2.05, 4.69) is 27.3 Å². The largest absolute Gasteiger partial charge is 0.490 e. The summed E-state index contributed by atoms with van der Waals surface area (Å²) in [4.78, 5) is 26.5. The molecule has 162 valence electrons. The van der Waals surface area contributed by atoms with Gasteiger partial charge in [0.05, 0.1) is 27.9 Å². The molecule has 0 saturated carbocycles. The Bertz CT molecular complexity index is 1050. The summed E-state index contributed by atoms with van der Waals surface area (Å²) in [5, 5.41) is 0. The highest BCUT2D eigenvalue weighted by Crippen LogP contribution is 2.39. The van der Waals surface area contributed by atoms with E-state index in [4.69, 9.17) is 21.7 Å². The average molecular weight is 569 g/mol. The van der Waals surface area contributed by atoms with E-state index in [-0.39, 0.29) is 12.5 Å². The van der Waals surface area contributed by atoms with E-state index in [9.17, 15) is 9.59 Å². The molecule has 0 bridgehead atoms. The van der Waals surface area contributed by atoms with Crippen molar-refractivity contribution in [3.05, 3.63) is 56.0 Å². The number of thioether (sulfide) groups is 1. The van der Waals surface area contributed by atoms with Gasteiger partial charge in [0.15, 0.2) is 22.4 Å². The predicted octanol–water partition coefficient (Wildman–Crippen LogP) is 4.96. The van der Waals surface area contributed by atoms with Crippen molar-refractivity contribution in [2.45, 2.75) is 13.8 Å². The smallest absolute Gasteiger partial charge is 0.343 e. The Morgan fingerprint density at radius 3 is 2.58 bits per heavy atom. The van der Waals surface area contributed by atoms with Gasteiger partial charge in [0.25, 0.3) is 5.91 Å². The van der Waals surface area contributed by atoms with Crippen LogP contribution in [0.1, 0.15) is 18.1 Å². The number of rotatable bonds is 7. The van der Waals surface area contributed by atoms with Gasteiger partial charge in [0, 0.05) is 0 Å². The molecule has 0 unspecified atom stereocenters. The Hall–Kier alpha value is -2.11. The molecule has 3 rings (SSSR count). The summed E-state index contributed by atoms with van der Waals surface area (Å²) in [6.45, 7) is 4.05. The predicted molar refractivity (Wildman–Crippen MR) is 135 cm³/mol. The maximum Gasteiger partial charge on any atom is 0.343 e. The SMILES string of the molecule is CCOc1cc(/C=C2\SC(=S)N(c3ccc(C)cc3)C2=O)cc(I)c1OCC(=O)OC. The lowest BCUT2D eigenvalue weighted by atomic mass is 10.1. The van der Waals surface area contributed by atoms with E-state index >= 15 is 0 Å². The number of hydrogen-bond acceptors (Lipinski definition) is 7. The first-order chi connectivity index (χ1) is 14.8. The number of carbonyl (C=O) groups excluding carboxylic acids is 2. The summed E-state index contributed by atoms with van der Waals surface area (Å²) < 4.78 is 17.1. The second kappa shape index (κ2) is 10.5. The number of ether oxygens (including phenoxy) is 3. The van der Waals surface area contributed by atoms with Crippen molar-refractivity contribution in [1.82, 2.24) is 0 Å². The van der Waals surface area contributed by atoms with Gasteiger partial charge in [-0.1, -0.05) is 41.7 Å². The summed E-state index contributed by atoms with van der Waals surface area (Å²) in [5.41, 5.74) is 2.62. The van der Waals surface area contributed by atoms with Gasteiger partial charge >= 0.3 is 5.97 Å². The zero-order chi connectivity index (χ0) is 22.5. The molecule has 2 aromatic rings. The first kappa shape index (κ1) is 23.6. The molecule has 0 aliphatic carbocycles. The third-order valence-corrected chi connectivity index (χ3v) is 6.38. The fourth-order valence-corrected chi connectivity index (χ4v) is 4.88. The molecule has 1 aliphatic heterocycles. The van der Waals surface area contributed by atoms with E-state index in [1.807, 2.05) is 44.2 Å². The first-order valence-electron chi connectivity index (χ1n) is 9.34. The number of esters is 1. The van der Waals surface area contributed by atoms with Gasteiger partial charge in [-0.3, -0.25) is 9.69 Å². The van der Waals surface area contributed by atoms with Crippen molar-refractivity contribution in [2.75, 3.05) is 25.2 Å². The zero-order valence-corrected chi connectivity index (χ0v) is 20.9. The molecule has 2 aromatic carbocycles. The van der Waals surface area contributed by atoms with Crippen LogP contribution in [0.25, 0.3) is 6.08 Å². The van der Waals surface area contributed by atoms with Crippen molar-refractivity contribution in [2.24, 2.45) is 0 Å². The molecule has 1 fully saturated rings. The van der Waals surface area contributed by atoms with Crippen molar-refractivity contribution in [3.63, 3.8) is 0 Å². The summed E-state index contributed by atoms with van der Waals surface area (Å²) in [5.74, 6) is 0.288. The summed E-state index contributed by atoms with van der Waals surface area (Å²) in [7, 11) is 1.30. The molecule has 1 aliphatic rings. The van der Waals surface area contributed by atoms with Gasteiger partial charge in [-0.25, -0.2) is 4.79 Å². The molecule has 1 saturated heterocycles. The third kappa shape index (κ3) is 5.58. The quantitative estimate of drug-likeness (QED) is 0.202. The van der Waals surface area contributed by atoms with Crippen LogP contribution in [0.5, 0.6) is 11.5 Å². The molecule has 0 N–H and O–H groups in total. The zero-order valence-electron chi connectivity index (χ0n) is 17.1. The van der Waals surface area contributed by atoms with Crippen LogP contribution in [0.3, 0.4) is 0 Å². The minimum absolute atomic E-state index is 0.169. The number of nitrogens with zero attached hydrogens (tertiary/aromatic N) is 1. The Kier molecular flexibility index (Phi) is 7.95. The maximum atomic E-state index is 13.0. The number of hydrogen-bond donors (Lipinski definition) is 0. The fourth-order valence-electron chi connectivity index (χ4n) is 2.80. The molecule has 9 heteroatoms. The van der Waals surface area contributed by atoms with E-state index in [0.29, 0.717) is 27.3 Å². The maximum absolute atomic E-state index is 13.0. The van der Waals surface area contributed by atoms with E-state index in [1.165, 1.54) is 23.8 Å². The molecule has 6 nitrogen and oxygen atoms in total. The van der Waals surface area contributed by atoms with E-state index in [0.717, 1.165) is 20.4 Å². The Balaban J connectivity index is 1.90. The lowest BCUT2D eigenvalue weighted by Gasteiger charge is -2.15. The van der Waals surface area contributed by atoms with Crippen LogP contribution in [-0.2, 0) is 14.3 Å². The van der Waals surface area contributed by atoms with Gasteiger partial charge in [-0.05, 0) is 72.3 Å². The van der Waals surface area contributed by atoms with E-state index < -0.39 is 5.97 Å². The van der Waals surface area contributed by atoms with Gasteiger partial charge in [-0.15, -0.1) is 0 Å². The topological polar surface area (TPSA) is 65.1 Å². The Morgan fingerprint density at radius 2 is 1.94 bits per heavy atom. The van der Waals surface area contributed by atoms with Gasteiger partial charge in [-0.2, -0.15) is 0 Å². The van der Waals surface area contributed by atoms with Crippen LogP contribution in [0.4, 0.5) is 5.69 Å². The van der Waals surface area contributed by atoms with Gasteiger partial charge < -0.3 is 14.2 Å². The highest BCUT2D eigenvalue weighted by molar-refractivity contribution is 14.1. The van der Waals surface area contributed by atoms with Crippen LogP contribution >= 0.6 is 46.6 Å². The number of thiocarbonyl (C=S) groups is 1. The van der Waals surface area contributed by atoms with Crippen LogP contribution in [0.15, 0.2) is 41.3 Å². The molecule has 0 atom stereocenters. The second-order valence-electron chi connectivity index (χ2n) is 6.48. The molecule has 31 heavy (non-hydrogen) atoms. The number of aryl methyl sites for hydroxylation is 1. The lowest BCUT2D eigenvalue weighted by Crippen LogP contribution is -2.27. The van der Waals surface area contributed by atoms with Crippen molar-refractivity contribution in [1.29, 1.82) is 0 Å².